The van der Waals surface area contributed by atoms with E-state index in [-0.39, 0.29) is 11.1 Å². The number of rotatable bonds is 4. The minimum Gasteiger partial charge on any atom is -0.490 e. The van der Waals surface area contributed by atoms with Crippen LogP contribution >= 0.6 is 27.5 Å². The number of hydrogen-bond donors (Lipinski definition) is 1. The molecule has 1 aliphatic rings. The summed E-state index contributed by atoms with van der Waals surface area (Å²) in [6.07, 6.45) is -3.60. The maximum Gasteiger partial charge on any atom is 0.416 e. The van der Waals surface area contributed by atoms with Crippen LogP contribution in [0.2, 0.25) is 5.02 Å². The Morgan fingerprint density at radius 2 is 1.81 bits per heavy atom. The van der Waals surface area contributed by atoms with E-state index in [4.69, 9.17) is 16.3 Å². The Balaban J connectivity index is 2.02. The van der Waals surface area contributed by atoms with Gasteiger partial charge in [0.15, 0.2) is 0 Å². The van der Waals surface area contributed by atoms with Gasteiger partial charge in [0.2, 0.25) is 0 Å². The molecule has 0 atom stereocenters. The van der Waals surface area contributed by atoms with Gasteiger partial charge in [-0.3, -0.25) is 14.9 Å². The van der Waals surface area contributed by atoms with Crippen LogP contribution in [0.1, 0.15) is 25.0 Å². The maximum absolute atomic E-state index is 13.1. The Bertz CT molecular complexity index is 1150. The third-order valence-corrected chi connectivity index (χ3v) is 5.18. The average molecular weight is 532 g/mol. The molecule has 0 saturated carbocycles. The molecule has 3 rings (SSSR count). The van der Waals surface area contributed by atoms with Gasteiger partial charge in [-0.25, -0.2) is 9.69 Å². The highest BCUT2D eigenvalue weighted by atomic mass is 79.9. The smallest absolute Gasteiger partial charge is 0.416 e. The molecule has 1 saturated heterocycles. The average Bonchev–Trinajstić information content (AvgIpc) is 2.67. The van der Waals surface area contributed by atoms with Crippen LogP contribution in [0.3, 0.4) is 0 Å². The fourth-order valence-corrected chi connectivity index (χ4v) is 3.55. The first-order valence-corrected chi connectivity index (χ1v) is 10.3. The van der Waals surface area contributed by atoms with Gasteiger partial charge in [-0.05, 0) is 71.7 Å². The Hall–Kier alpha value is -2.85. The van der Waals surface area contributed by atoms with Crippen LogP contribution in [0.4, 0.5) is 23.7 Å². The molecular formula is C21H15BrClF3N2O4. The molecule has 2 aromatic rings. The van der Waals surface area contributed by atoms with Gasteiger partial charge in [0.05, 0.1) is 26.9 Å². The van der Waals surface area contributed by atoms with E-state index in [0.29, 0.717) is 26.8 Å². The van der Waals surface area contributed by atoms with Gasteiger partial charge in [-0.15, -0.1) is 0 Å². The third-order valence-electron chi connectivity index (χ3n) is 4.25. The topological polar surface area (TPSA) is 75.7 Å². The van der Waals surface area contributed by atoms with Gasteiger partial charge in [0.1, 0.15) is 11.3 Å². The molecule has 2 aromatic carbocycles. The number of benzene rings is 2. The summed E-state index contributed by atoms with van der Waals surface area (Å²) in [7, 11) is 0. The lowest BCUT2D eigenvalue weighted by atomic mass is 10.1. The highest BCUT2D eigenvalue weighted by Crippen LogP contribution is 2.37. The Kier molecular flexibility index (Phi) is 6.66. The largest absolute Gasteiger partial charge is 0.490 e. The van der Waals surface area contributed by atoms with Crippen molar-refractivity contribution in [1.82, 2.24) is 5.32 Å². The molecule has 6 nitrogen and oxygen atoms in total. The second-order valence-corrected chi connectivity index (χ2v) is 8.24. The first kappa shape index (κ1) is 23.8. The third kappa shape index (κ3) is 4.97. The normalized spacial score (nSPS) is 16.1. The summed E-state index contributed by atoms with van der Waals surface area (Å²) in [4.78, 5) is 38.0. The number of barbiturate groups is 1. The van der Waals surface area contributed by atoms with Crippen molar-refractivity contribution >= 4 is 57.1 Å². The molecule has 1 N–H and O–H groups in total. The number of ether oxygens (including phenoxy) is 1. The SMILES string of the molecule is CC(C)Oc1ccc(/C=C2/C(=O)NC(=O)N(c3cc(C(F)(F)F)ccc3Cl)C2=O)cc1Br. The minimum atomic E-state index is -4.73. The van der Waals surface area contributed by atoms with Crippen molar-refractivity contribution in [3.8, 4) is 5.75 Å². The molecule has 0 spiro atoms. The van der Waals surface area contributed by atoms with Crippen molar-refractivity contribution in [3.05, 3.63) is 62.6 Å². The number of carbonyl (C=O) groups is 3. The van der Waals surface area contributed by atoms with E-state index >= 15 is 0 Å². The van der Waals surface area contributed by atoms with Crippen LogP contribution in [0, 0.1) is 0 Å². The second-order valence-electron chi connectivity index (χ2n) is 6.98. The molecule has 0 unspecified atom stereocenters. The molecule has 1 fully saturated rings. The van der Waals surface area contributed by atoms with E-state index in [1.54, 1.807) is 18.2 Å². The van der Waals surface area contributed by atoms with Crippen LogP contribution in [0.15, 0.2) is 46.4 Å². The summed E-state index contributed by atoms with van der Waals surface area (Å²) in [6, 6.07) is 5.79. The molecule has 0 bridgehead atoms. The summed E-state index contributed by atoms with van der Waals surface area (Å²) < 4.78 is 45.5. The quantitative estimate of drug-likeness (QED) is 0.413. The molecule has 0 radical (unpaired) electrons. The highest BCUT2D eigenvalue weighted by Gasteiger charge is 2.39. The number of anilines is 1. The molecular weight excluding hydrogens is 517 g/mol. The van der Waals surface area contributed by atoms with E-state index in [0.717, 1.165) is 12.1 Å². The van der Waals surface area contributed by atoms with Gasteiger partial charge in [-0.2, -0.15) is 13.2 Å². The van der Waals surface area contributed by atoms with Gasteiger partial charge >= 0.3 is 12.2 Å². The van der Waals surface area contributed by atoms with Crippen molar-refractivity contribution in [2.75, 3.05) is 4.90 Å². The van der Waals surface area contributed by atoms with Crippen molar-refractivity contribution in [2.24, 2.45) is 0 Å². The molecule has 0 aliphatic carbocycles. The number of carbonyl (C=O) groups excluding carboxylic acids is 3. The summed E-state index contributed by atoms with van der Waals surface area (Å²) >= 11 is 9.31. The van der Waals surface area contributed by atoms with Crippen LogP contribution < -0.4 is 15.0 Å². The molecule has 32 heavy (non-hydrogen) atoms. The summed E-state index contributed by atoms with van der Waals surface area (Å²) in [5.74, 6) is -1.56. The Morgan fingerprint density at radius 1 is 1.12 bits per heavy atom. The summed E-state index contributed by atoms with van der Waals surface area (Å²) in [6.45, 7) is 3.69. The highest BCUT2D eigenvalue weighted by molar-refractivity contribution is 9.10. The van der Waals surface area contributed by atoms with Gasteiger partial charge < -0.3 is 4.74 Å². The standard InChI is InChI=1S/C21H15BrClF3N2O4/c1-10(2)32-17-6-3-11(8-14(17)22)7-13-18(29)27-20(31)28(19(13)30)16-9-12(21(24,25)26)4-5-15(16)23/h3-10H,1-2H3,(H,27,29,31)/b13-7-. The number of nitrogens with zero attached hydrogens (tertiary/aromatic N) is 1. The van der Waals surface area contributed by atoms with E-state index in [2.05, 4.69) is 15.9 Å². The molecule has 0 aromatic heterocycles. The molecule has 168 valence electrons. The van der Waals surface area contributed by atoms with Crippen LogP contribution in [0.5, 0.6) is 5.75 Å². The molecule has 1 heterocycles. The van der Waals surface area contributed by atoms with Crippen molar-refractivity contribution in [2.45, 2.75) is 26.1 Å². The van der Waals surface area contributed by atoms with Gasteiger partial charge in [-0.1, -0.05) is 17.7 Å². The van der Waals surface area contributed by atoms with Crippen molar-refractivity contribution in [1.29, 1.82) is 0 Å². The lowest BCUT2D eigenvalue weighted by Crippen LogP contribution is -2.54. The monoisotopic (exact) mass is 530 g/mol. The number of halogens is 5. The number of amides is 4. The zero-order chi connectivity index (χ0) is 23.8. The Labute approximate surface area is 194 Å². The summed E-state index contributed by atoms with van der Waals surface area (Å²) in [5.41, 5.74) is -1.65. The van der Waals surface area contributed by atoms with Gasteiger partial charge in [0, 0.05) is 0 Å². The van der Waals surface area contributed by atoms with E-state index in [1.165, 1.54) is 6.08 Å². The molecule has 1 aliphatic heterocycles. The first-order valence-electron chi connectivity index (χ1n) is 9.13. The van der Waals surface area contributed by atoms with Gasteiger partial charge in [0.25, 0.3) is 11.8 Å². The lowest BCUT2D eigenvalue weighted by Gasteiger charge is -2.27. The van der Waals surface area contributed by atoms with Crippen molar-refractivity contribution < 1.29 is 32.3 Å². The van der Waals surface area contributed by atoms with Crippen LogP contribution in [-0.4, -0.2) is 23.9 Å². The lowest BCUT2D eigenvalue weighted by molar-refractivity contribution is -0.137. The predicted octanol–water partition coefficient (Wildman–Crippen LogP) is 5.57. The van der Waals surface area contributed by atoms with E-state index in [9.17, 15) is 27.6 Å². The van der Waals surface area contributed by atoms with Crippen LogP contribution in [-0.2, 0) is 15.8 Å². The Morgan fingerprint density at radius 3 is 2.41 bits per heavy atom. The fraction of sp³-hybridized carbons (Fsp3) is 0.190. The van der Waals surface area contributed by atoms with E-state index < -0.39 is 40.8 Å². The second kappa shape index (κ2) is 8.95. The number of alkyl halides is 3. The number of nitrogens with one attached hydrogen (secondary N) is 1. The molecule has 4 amide bonds. The first-order chi connectivity index (χ1) is 14.9. The van der Waals surface area contributed by atoms with Crippen LogP contribution in [0.25, 0.3) is 6.08 Å². The molecule has 11 heteroatoms. The number of urea groups is 1. The zero-order valence-electron chi connectivity index (χ0n) is 16.6. The minimum absolute atomic E-state index is 0.0852. The van der Waals surface area contributed by atoms with Crippen molar-refractivity contribution in [3.63, 3.8) is 0 Å². The fourth-order valence-electron chi connectivity index (χ4n) is 2.86. The maximum atomic E-state index is 13.1. The summed E-state index contributed by atoms with van der Waals surface area (Å²) in [5, 5.41) is 1.68. The predicted molar refractivity (Wildman–Crippen MR) is 115 cm³/mol. The van der Waals surface area contributed by atoms with E-state index in [1.807, 2.05) is 19.2 Å². The number of imide groups is 2. The zero-order valence-corrected chi connectivity index (χ0v) is 18.9. The number of hydrogen-bond acceptors (Lipinski definition) is 4.